The summed E-state index contributed by atoms with van der Waals surface area (Å²) in [6.45, 7) is 1.98. The zero-order valence-corrected chi connectivity index (χ0v) is 12.5. The first-order chi connectivity index (χ1) is 9.60. The lowest BCUT2D eigenvalue weighted by atomic mass is 10.1. The van der Waals surface area contributed by atoms with Gasteiger partial charge in [0.1, 0.15) is 11.3 Å². The lowest BCUT2D eigenvalue weighted by Crippen LogP contribution is -1.93. The molecule has 3 heterocycles. The number of methoxy groups -OCH3 is 1. The molecule has 3 aromatic heterocycles. The van der Waals surface area contributed by atoms with E-state index in [0.29, 0.717) is 22.9 Å². The predicted molar refractivity (Wildman–Crippen MR) is 80.5 cm³/mol. The average Bonchev–Trinajstić information content (AvgIpc) is 2.74. The maximum absolute atomic E-state index is 5.80. The van der Waals surface area contributed by atoms with Crippen LogP contribution in [0.4, 0.5) is 5.82 Å². The molecule has 3 aromatic rings. The molecular weight excluding hydrogens is 322 g/mol. The standard InChI is InChI=1S/C13H12BrN5O/c1-6-3-9(20-2)16-4-7(6)8-5-17-13-11(18-8)10(14)12(15)19-13/h3-5H,15H2,1-2H3,(H,17,19). The number of halogens is 1. The van der Waals surface area contributed by atoms with Gasteiger partial charge in [0.15, 0.2) is 5.65 Å². The number of nitrogen functional groups attached to an aromatic ring is 1. The third-order valence-corrected chi connectivity index (χ3v) is 3.84. The molecule has 0 saturated heterocycles. The van der Waals surface area contributed by atoms with Crippen molar-refractivity contribution in [2.45, 2.75) is 6.92 Å². The summed E-state index contributed by atoms with van der Waals surface area (Å²) in [7, 11) is 1.59. The van der Waals surface area contributed by atoms with Crippen LogP contribution in [0.1, 0.15) is 5.56 Å². The Morgan fingerprint density at radius 2 is 2.10 bits per heavy atom. The highest BCUT2D eigenvalue weighted by molar-refractivity contribution is 9.10. The topological polar surface area (TPSA) is 89.7 Å². The molecule has 6 nitrogen and oxygen atoms in total. The van der Waals surface area contributed by atoms with Gasteiger partial charge in [0.2, 0.25) is 5.88 Å². The van der Waals surface area contributed by atoms with Gasteiger partial charge >= 0.3 is 0 Å². The van der Waals surface area contributed by atoms with Crippen molar-refractivity contribution in [3.8, 4) is 17.1 Å². The van der Waals surface area contributed by atoms with Crippen LogP contribution in [0.15, 0.2) is 22.9 Å². The second-order valence-corrected chi connectivity index (χ2v) is 5.14. The summed E-state index contributed by atoms with van der Waals surface area (Å²) in [5, 5.41) is 0. The van der Waals surface area contributed by atoms with Crippen LogP contribution < -0.4 is 10.5 Å². The monoisotopic (exact) mass is 333 g/mol. The summed E-state index contributed by atoms with van der Waals surface area (Å²) in [5.74, 6) is 1.09. The number of nitrogens with zero attached hydrogens (tertiary/aromatic N) is 3. The van der Waals surface area contributed by atoms with E-state index in [1.807, 2.05) is 13.0 Å². The molecule has 0 aliphatic rings. The molecule has 0 fully saturated rings. The summed E-state index contributed by atoms with van der Waals surface area (Å²) in [6.07, 6.45) is 3.43. The average molecular weight is 334 g/mol. The molecule has 0 saturated carbocycles. The van der Waals surface area contributed by atoms with Gasteiger partial charge in [-0.25, -0.2) is 15.0 Å². The smallest absolute Gasteiger partial charge is 0.213 e. The fourth-order valence-electron chi connectivity index (χ4n) is 1.98. The SMILES string of the molecule is COc1cc(C)c(-c2cnc3[nH]c(N)c(Br)c3n2)cn1. The number of nitrogens with one attached hydrogen (secondary N) is 1. The zero-order valence-electron chi connectivity index (χ0n) is 10.9. The highest BCUT2D eigenvalue weighted by Gasteiger charge is 2.12. The third kappa shape index (κ3) is 2.00. The van der Waals surface area contributed by atoms with Crippen LogP contribution in [0.2, 0.25) is 0 Å². The maximum atomic E-state index is 5.80. The lowest BCUT2D eigenvalue weighted by Gasteiger charge is -2.06. The fraction of sp³-hybridized carbons (Fsp3) is 0.154. The minimum absolute atomic E-state index is 0.515. The Hall–Kier alpha value is -2.15. The summed E-state index contributed by atoms with van der Waals surface area (Å²) in [6, 6.07) is 1.86. The van der Waals surface area contributed by atoms with E-state index in [1.165, 1.54) is 0 Å². The van der Waals surface area contributed by atoms with E-state index in [1.54, 1.807) is 19.5 Å². The van der Waals surface area contributed by atoms with Crippen LogP contribution in [0.25, 0.3) is 22.4 Å². The molecule has 0 radical (unpaired) electrons. The number of rotatable bonds is 2. The Kier molecular flexibility index (Phi) is 3.06. The number of aromatic amines is 1. The molecule has 0 atom stereocenters. The third-order valence-electron chi connectivity index (χ3n) is 3.04. The number of H-pyrrole nitrogens is 1. The molecule has 0 aliphatic carbocycles. The van der Waals surface area contributed by atoms with Gasteiger partial charge in [-0.1, -0.05) is 0 Å². The fourth-order valence-corrected chi connectivity index (χ4v) is 2.36. The number of hydrogen-bond donors (Lipinski definition) is 2. The van der Waals surface area contributed by atoms with Gasteiger partial charge in [-0.05, 0) is 28.4 Å². The van der Waals surface area contributed by atoms with Crippen LogP contribution in [0.5, 0.6) is 5.88 Å². The van der Waals surface area contributed by atoms with Gasteiger partial charge in [-0.15, -0.1) is 0 Å². The largest absolute Gasteiger partial charge is 0.481 e. The maximum Gasteiger partial charge on any atom is 0.213 e. The minimum atomic E-state index is 0.515. The number of anilines is 1. The number of ether oxygens (including phenoxy) is 1. The molecule has 0 aromatic carbocycles. The van der Waals surface area contributed by atoms with Crippen molar-refractivity contribution in [1.29, 1.82) is 0 Å². The summed E-state index contributed by atoms with van der Waals surface area (Å²) in [4.78, 5) is 16.1. The lowest BCUT2D eigenvalue weighted by molar-refractivity contribution is 0.397. The number of pyridine rings is 1. The first kappa shape index (κ1) is 12.9. The van der Waals surface area contributed by atoms with Gasteiger partial charge in [0.05, 0.1) is 23.5 Å². The summed E-state index contributed by atoms with van der Waals surface area (Å²) < 4.78 is 5.83. The molecule has 7 heteroatoms. The van der Waals surface area contributed by atoms with Crippen molar-refractivity contribution >= 4 is 32.9 Å². The van der Waals surface area contributed by atoms with Crippen molar-refractivity contribution in [1.82, 2.24) is 19.9 Å². The Morgan fingerprint density at radius 3 is 2.80 bits per heavy atom. The number of fused-ring (bicyclic) bond motifs is 1. The van der Waals surface area contributed by atoms with Crippen LogP contribution in [0, 0.1) is 6.92 Å². The molecule has 20 heavy (non-hydrogen) atoms. The number of nitrogens with two attached hydrogens (primary N) is 1. The molecule has 0 bridgehead atoms. The van der Waals surface area contributed by atoms with Gasteiger partial charge in [0, 0.05) is 17.8 Å². The molecule has 102 valence electrons. The Bertz CT molecular complexity index is 799. The van der Waals surface area contributed by atoms with Gasteiger partial charge in [0.25, 0.3) is 0 Å². The van der Waals surface area contributed by atoms with E-state index in [2.05, 4.69) is 35.9 Å². The van der Waals surface area contributed by atoms with Crippen LogP contribution in [-0.4, -0.2) is 27.0 Å². The van der Waals surface area contributed by atoms with Crippen LogP contribution >= 0.6 is 15.9 Å². The van der Waals surface area contributed by atoms with Crippen molar-refractivity contribution in [3.63, 3.8) is 0 Å². The highest BCUT2D eigenvalue weighted by atomic mass is 79.9. The van der Waals surface area contributed by atoms with E-state index in [0.717, 1.165) is 21.3 Å². The molecule has 0 spiro atoms. The van der Waals surface area contributed by atoms with Crippen LogP contribution in [0.3, 0.4) is 0 Å². The van der Waals surface area contributed by atoms with Crippen molar-refractivity contribution in [3.05, 3.63) is 28.5 Å². The molecule has 3 rings (SSSR count). The molecule has 0 amide bonds. The summed E-state index contributed by atoms with van der Waals surface area (Å²) in [5.41, 5.74) is 9.82. The van der Waals surface area contributed by atoms with Gasteiger partial charge in [-0.2, -0.15) is 0 Å². The summed E-state index contributed by atoms with van der Waals surface area (Å²) >= 11 is 3.40. The predicted octanol–water partition coefficient (Wildman–Crippen LogP) is 2.68. The number of hydrogen-bond acceptors (Lipinski definition) is 5. The van der Waals surface area contributed by atoms with E-state index >= 15 is 0 Å². The Labute approximate surface area is 123 Å². The van der Waals surface area contributed by atoms with Gasteiger partial charge in [-0.3, -0.25) is 0 Å². The molecular formula is C13H12BrN5O. The first-order valence-corrected chi connectivity index (χ1v) is 6.70. The van der Waals surface area contributed by atoms with Crippen molar-refractivity contribution in [2.75, 3.05) is 12.8 Å². The molecule has 3 N–H and O–H groups in total. The normalized spacial score (nSPS) is 10.9. The van der Waals surface area contributed by atoms with E-state index < -0.39 is 0 Å². The molecule has 0 unspecified atom stereocenters. The minimum Gasteiger partial charge on any atom is -0.481 e. The van der Waals surface area contributed by atoms with Gasteiger partial charge < -0.3 is 15.5 Å². The first-order valence-electron chi connectivity index (χ1n) is 5.91. The Morgan fingerprint density at radius 1 is 1.30 bits per heavy atom. The van der Waals surface area contributed by atoms with E-state index in [4.69, 9.17) is 10.5 Å². The number of aromatic nitrogens is 4. The van der Waals surface area contributed by atoms with E-state index in [9.17, 15) is 0 Å². The van der Waals surface area contributed by atoms with E-state index in [-0.39, 0.29) is 0 Å². The van der Waals surface area contributed by atoms with Crippen molar-refractivity contribution in [2.24, 2.45) is 0 Å². The zero-order chi connectivity index (χ0) is 14.3. The molecule has 0 aliphatic heterocycles. The quantitative estimate of drug-likeness (QED) is 0.752. The van der Waals surface area contributed by atoms with Crippen molar-refractivity contribution < 1.29 is 4.74 Å². The second-order valence-electron chi connectivity index (χ2n) is 4.35. The second kappa shape index (κ2) is 4.75. The highest BCUT2D eigenvalue weighted by Crippen LogP contribution is 2.30. The van der Waals surface area contributed by atoms with Crippen LogP contribution in [-0.2, 0) is 0 Å². The number of aryl methyl sites for hydroxylation is 1. The Balaban J connectivity index is 2.17.